The van der Waals surface area contributed by atoms with Crippen molar-refractivity contribution in [3.05, 3.63) is 53.9 Å². The Balaban J connectivity index is 2.07. The van der Waals surface area contributed by atoms with Crippen LogP contribution in [0.4, 0.5) is 11.6 Å². The number of rotatable bonds is 1. The largest absolute Gasteiger partial charge is 0.399 e. The molecular formula is C15H10N4O2. The lowest BCUT2D eigenvalue weighted by atomic mass is 9.93. The number of amides is 2. The number of aromatic amines is 1. The van der Waals surface area contributed by atoms with E-state index in [2.05, 4.69) is 9.97 Å². The van der Waals surface area contributed by atoms with E-state index in [1.165, 1.54) is 6.20 Å². The van der Waals surface area contributed by atoms with Crippen molar-refractivity contribution in [1.82, 2.24) is 9.97 Å². The molecule has 0 aliphatic carbocycles. The lowest BCUT2D eigenvalue weighted by Crippen LogP contribution is -2.41. The van der Waals surface area contributed by atoms with Crippen molar-refractivity contribution in [1.29, 1.82) is 0 Å². The molecule has 1 aliphatic rings. The van der Waals surface area contributed by atoms with Crippen molar-refractivity contribution < 1.29 is 9.59 Å². The minimum absolute atomic E-state index is 0.204. The van der Waals surface area contributed by atoms with Crippen LogP contribution >= 0.6 is 0 Å². The number of nitrogen functional groups attached to an aromatic ring is 1. The third kappa shape index (κ3) is 1.50. The van der Waals surface area contributed by atoms with Crippen molar-refractivity contribution in [2.24, 2.45) is 0 Å². The highest BCUT2D eigenvalue weighted by atomic mass is 16.2. The van der Waals surface area contributed by atoms with E-state index in [1.807, 2.05) is 6.07 Å². The molecule has 4 rings (SSSR count). The van der Waals surface area contributed by atoms with E-state index < -0.39 is 11.8 Å². The van der Waals surface area contributed by atoms with Crippen LogP contribution in [0.5, 0.6) is 0 Å². The third-order valence-corrected chi connectivity index (χ3v) is 3.56. The molecule has 0 unspecified atom stereocenters. The van der Waals surface area contributed by atoms with Crippen LogP contribution in [-0.2, 0) is 0 Å². The second-order valence-electron chi connectivity index (χ2n) is 4.83. The normalized spacial score (nSPS) is 14.0. The SMILES string of the molecule is Nc1cc2c3c(cccc3c1)C(=O)N(c1ncc[nH]1)C2=O. The molecule has 2 heterocycles. The summed E-state index contributed by atoms with van der Waals surface area (Å²) in [6.45, 7) is 0. The highest BCUT2D eigenvalue weighted by Crippen LogP contribution is 2.33. The van der Waals surface area contributed by atoms with Crippen LogP contribution in [0.25, 0.3) is 10.8 Å². The maximum Gasteiger partial charge on any atom is 0.268 e. The summed E-state index contributed by atoms with van der Waals surface area (Å²) < 4.78 is 0. The summed E-state index contributed by atoms with van der Waals surface area (Å²) in [7, 11) is 0. The molecule has 0 saturated carbocycles. The van der Waals surface area contributed by atoms with Crippen LogP contribution in [0.15, 0.2) is 42.7 Å². The molecule has 0 atom stereocenters. The Hall–Kier alpha value is -3.15. The molecule has 2 aromatic carbocycles. The summed E-state index contributed by atoms with van der Waals surface area (Å²) in [5.41, 5.74) is 7.22. The third-order valence-electron chi connectivity index (χ3n) is 3.56. The number of benzene rings is 2. The number of imidazole rings is 1. The molecule has 0 spiro atoms. The number of carbonyl (C=O) groups is 2. The number of aromatic nitrogens is 2. The van der Waals surface area contributed by atoms with E-state index in [9.17, 15) is 9.59 Å². The smallest absolute Gasteiger partial charge is 0.268 e. The molecule has 102 valence electrons. The van der Waals surface area contributed by atoms with Crippen molar-refractivity contribution in [3.63, 3.8) is 0 Å². The summed E-state index contributed by atoms with van der Waals surface area (Å²) in [6, 6.07) is 8.66. The first-order valence-electron chi connectivity index (χ1n) is 6.37. The van der Waals surface area contributed by atoms with Gasteiger partial charge >= 0.3 is 0 Å². The second kappa shape index (κ2) is 3.92. The molecule has 3 N–H and O–H groups in total. The topological polar surface area (TPSA) is 92.1 Å². The average molecular weight is 278 g/mol. The number of nitrogens with one attached hydrogen (secondary N) is 1. The zero-order valence-corrected chi connectivity index (χ0v) is 10.8. The highest BCUT2D eigenvalue weighted by Gasteiger charge is 2.35. The van der Waals surface area contributed by atoms with E-state index in [0.29, 0.717) is 22.2 Å². The highest BCUT2D eigenvalue weighted by molar-refractivity contribution is 6.35. The lowest BCUT2D eigenvalue weighted by molar-refractivity contribution is 0.0891. The van der Waals surface area contributed by atoms with Gasteiger partial charge in [-0.05, 0) is 23.6 Å². The molecule has 3 aromatic rings. The maximum absolute atomic E-state index is 12.7. The molecule has 0 radical (unpaired) electrons. The number of nitrogens with two attached hydrogens (primary N) is 1. The van der Waals surface area contributed by atoms with Gasteiger partial charge in [-0.3, -0.25) is 9.59 Å². The van der Waals surface area contributed by atoms with Gasteiger partial charge in [0.2, 0.25) is 5.95 Å². The molecule has 2 amide bonds. The molecule has 0 fully saturated rings. The summed E-state index contributed by atoms with van der Waals surface area (Å²) in [4.78, 5) is 33.1. The van der Waals surface area contributed by atoms with Crippen molar-refractivity contribution in [3.8, 4) is 0 Å². The molecule has 6 nitrogen and oxygen atoms in total. The predicted molar refractivity (Wildman–Crippen MR) is 78.1 cm³/mol. The summed E-state index contributed by atoms with van der Waals surface area (Å²) in [5, 5.41) is 1.42. The first-order chi connectivity index (χ1) is 10.2. The number of imide groups is 1. The Morgan fingerprint density at radius 2 is 1.90 bits per heavy atom. The Morgan fingerprint density at radius 3 is 2.67 bits per heavy atom. The average Bonchev–Trinajstić information content (AvgIpc) is 2.98. The zero-order chi connectivity index (χ0) is 14.6. The summed E-state index contributed by atoms with van der Waals surface area (Å²) in [6.07, 6.45) is 3.05. The van der Waals surface area contributed by atoms with Crippen LogP contribution in [0.2, 0.25) is 0 Å². The molecule has 1 aromatic heterocycles. The fourth-order valence-electron chi connectivity index (χ4n) is 2.70. The number of hydrogen-bond acceptors (Lipinski definition) is 4. The van der Waals surface area contributed by atoms with Gasteiger partial charge in [0.25, 0.3) is 11.8 Å². The first kappa shape index (κ1) is 11.7. The van der Waals surface area contributed by atoms with Crippen molar-refractivity contribution >= 4 is 34.2 Å². The number of carbonyl (C=O) groups excluding carboxylic acids is 2. The molecular weight excluding hydrogens is 268 g/mol. The summed E-state index contributed by atoms with van der Waals surface area (Å²) >= 11 is 0. The molecule has 0 bridgehead atoms. The molecule has 6 heteroatoms. The minimum atomic E-state index is -0.425. The van der Waals surface area contributed by atoms with Crippen LogP contribution in [0.1, 0.15) is 20.7 Å². The second-order valence-corrected chi connectivity index (χ2v) is 4.83. The molecule has 1 aliphatic heterocycles. The number of hydrogen-bond donors (Lipinski definition) is 2. The van der Waals surface area contributed by atoms with E-state index in [0.717, 1.165) is 10.3 Å². The Bertz CT molecular complexity index is 899. The van der Waals surface area contributed by atoms with Gasteiger partial charge in [-0.1, -0.05) is 12.1 Å². The van der Waals surface area contributed by atoms with Gasteiger partial charge in [0.15, 0.2) is 0 Å². The van der Waals surface area contributed by atoms with Crippen LogP contribution in [-0.4, -0.2) is 21.8 Å². The van der Waals surface area contributed by atoms with Gasteiger partial charge in [0, 0.05) is 29.0 Å². The van der Waals surface area contributed by atoms with E-state index in [1.54, 1.807) is 30.5 Å². The Morgan fingerprint density at radius 1 is 1.10 bits per heavy atom. The monoisotopic (exact) mass is 278 g/mol. The summed E-state index contributed by atoms with van der Waals surface area (Å²) in [5.74, 6) is -0.612. The molecule has 21 heavy (non-hydrogen) atoms. The van der Waals surface area contributed by atoms with Gasteiger partial charge in [0.1, 0.15) is 0 Å². The van der Waals surface area contributed by atoms with Crippen LogP contribution < -0.4 is 10.6 Å². The van der Waals surface area contributed by atoms with Crippen LogP contribution in [0, 0.1) is 0 Å². The predicted octanol–water partition coefficient (Wildman–Crippen LogP) is 1.95. The zero-order valence-electron chi connectivity index (χ0n) is 10.8. The number of H-pyrrole nitrogens is 1. The van der Waals surface area contributed by atoms with Gasteiger partial charge in [-0.15, -0.1) is 0 Å². The number of anilines is 2. The minimum Gasteiger partial charge on any atom is -0.399 e. The fourth-order valence-corrected chi connectivity index (χ4v) is 2.70. The van der Waals surface area contributed by atoms with Gasteiger partial charge in [-0.25, -0.2) is 9.88 Å². The van der Waals surface area contributed by atoms with E-state index >= 15 is 0 Å². The molecule has 0 saturated heterocycles. The quantitative estimate of drug-likeness (QED) is 0.525. The van der Waals surface area contributed by atoms with E-state index in [4.69, 9.17) is 5.73 Å². The van der Waals surface area contributed by atoms with E-state index in [-0.39, 0.29) is 5.95 Å². The first-order valence-corrected chi connectivity index (χ1v) is 6.37. The van der Waals surface area contributed by atoms with Gasteiger partial charge in [-0.2, -0.15) is 0 Å². The maximum atomic E-state index is 12.7. The van der Waals surface area contributed by atoms with Gasteiger partial charge in [0.05, 0.1) is 5.56 Å². The fraction of sp³-hybridized carbons (Fsp3) is 0. The Kier molecular flexibility index (Phi) is 2.18. The standard InChI is InChI=1S/C15H10N4O2/c16-9-6-8-2-1-3-10-12(8)11(7-9)14(21)19(13(10)20)15-17-4-5-18-15/h1-7H,16H2,(H,17,18). The number of nitrogens with zero attached hydrogens (tertiary/aromatic N) is 2. The van der Waals surface area contributed by atoms with Gasteiger partial charge < -0.3 is 10.7 Å². The van der Waals surface area contributed by atoms with Crippen molar-refractivity contribution in [2.45, 2.75) is 0 Å². The lowest BCUT2D eigenvalue weighted by Gasteiger charge is -2.25. The Labute approximate surface area is 119 Å². The van der Waals surface area contributed by atoms with Crippen LogP contribution in [0.3, 0.4) is 0 Å². The van der Waals surface area contributed by atoms with Crippen molar-refractivity contribution in [2.75, 3.05) is 10.6 Å².